The van der Waals surface area contributed by atoms with Gasteiger partial charge in [-0.1, -0.05) is 25.5 Å². The van der Waals surface area contributed by atoms with E-state index in [4.69, 9.17) is 4.74 Å². The first-order chi connectivity index (χ1) is 11.0. The number of methoxy groups -OCH3 is 1. The van der Waals surface area contributed by atoms with Crippen LogP contribution in [0.4, 0.5) is 8.78 Å². The Hall–Kier alpha value is -2.11. The van der Waals surface area contributed by atoms with Crippen molar-refractivity contribution in [3.63, 3.8) is 0 Å². The number of amides is 1. The Morgan fingerprint density at radius 1 is 1.39 bits per heavy atom. The predicted molar refractivity (Wildman–Crippen MR) is 83.0 cm³/mol. The molecule has 0 atom stereocenters. The van der Waals surface area contributed by atoms with Gasteiger partial charge < -0.3 is 14.8 Å². The average Bonchev–Trinajstić information content (AvgIpc) is 3.02. The summed E-state index contributed by atoms with van der Waals surface area (Å²) in [6.45, 7) is 1.03. The van der Waals surface area contributed by atoms with Gasteiger partial charge in [0, 0.05) is 12.0 Å². The molecule has 1 aliphatic rings. The molecule has 1 amide bonds. The minimum Gasteiger partial charge on any atom is -0.493 e. The van der Waals surface area contributed by atoms with Crippen LogP contribution in [-0.4, -0.2) is 26.2 Å². The van der Waals surface area contributed by atoms with Gasteiger partial charge in [-0.15, -0.1) is 0 Å². The molecule has 23 heavy (non-hydrogen) atoms. The van der Waals surface area contributed by atoms with Crippen LogP contribution in [0.1, 0.15) is 31.2 Å². The van der Waals surface area contributed by atoms with E-state index in [1.54, 1.807) is 12.1 Å². The molecule has 1 aromatic carbocycles. The number of carbonyl (C=O) groups is 1. The molecule has 1 saturated carbocycles. The zero-order valence-electron chi connectivity index (χ0n) is 13.1. The molecule has 6 heteroatoms. The highest BCUT2D eigenvalue weighted by atomic mass is 19.3. The SMILES string of the molecule is C=CC(=O)NCC1(c2ccc(OC(F)F)c(OC)c2)CCCC1. The second-order valence-corrected chi connectivity index (χ2v) is 5.65. The van der Waals surface area contributed by atoms with Crippen LogP contribution in [0.5, 0.6) is 11.5 Å². The molecule has 1 aliphatic carbocycles. The van der Waals surface area contributed by atoms with Crippen molar-refractivity contribution in [1.82, 2.24) is 5.32 Å². The van der Waals surface area contributed by atoms with Crippen molar-refractivity contribution in [3.05, 3.63) is 36.4 Å². The summed E-state index contributed by atoms with van der Waals surface area (Å²) >= 11 is 0. The second kappa shape index (κ2) is 7.44. The summed E-state index contributed by atoms with van der Waals surface area (Å²) in [6.07, 6.45) is 5.19. The van der Waals surface area contributed by atoms with E-state index < -0.39 is 6.61 Å². The number of benzene rings is 1. The van der Waals surface area contributed by atoms with Gasteiger partial charge in [0.05, 0.1) is 7.11 Å². The van der Waals surface area contributed by atoms with Crippen LogP contribution in [0.2, 0.25) is 0 Å². The van der Waals surface area contributed by atoms with Gasteiger partial charge in [-0.3, -0.25) is 4.79 Å². The fourth-order valence-corrected chi connectivity index (χ4v) is 3.14. The number of nitrogens with one attached hydrogen (secondary N) is 1. The van der Waals surface area contributed by atoms with Crippen molar-refractivity contribution < 1.29 is 23.0 Å². The third-order valence-corrected chi connectivity index (χ3v) is 4.34. The molecule has 1 fully saturated rings. The van der Waals surface area contributed by atoms with Gasteiger partial charge >= 0.3 is 6.61 Å². The van der Waals surface area contributed by atoms with Crippen molar-refractivity contribution >= 4 is 5.91 Å². The van der Waals surface area contributed by atoms with Crippen LogP contribution in [0.15, 0.2) is 30.9 Å². The molecule has 0 aliphatic heterocycles. The first kappa shape index (κ1) is 17.2. The predicted octanol–water partition coefficient (Wildman–Crippen LogP) is 3.41. The van der Waals surface area contributed by atoms with Gasteiger partial charge in [0.1, 0.15) is 0 Å². The number of rotatable bonds is 7. The van der Waals surface area contributed by atoms with Crippen LogP contribution < -0.4 is 14.8 Å². The topological polar surface area (TPSA) is 47.6 Å². The summed E-state index contributed by atoms with van der Waals surface area (Å²) in [5.41, 5.74) is 0.743. The fraction of sp³-hybridized carbons (Fsp3) is 0.471. The maximum atomic E-state index is 12.4. The molecular weight excluding hydrogens is 304 g/mol. The van der Waals surface area contributed by atoms with Crippen molar-refractivity contribution in [2.24, 2.45) is 0 Å². The standard InChI is InChI=1S/C17H21F2NO3/c1-3-15(21)20-11-17(8-4-5-9-17)12-6-7-13(23-16(18)19)14(10-12)22-2/h3,6-7,10,16H,1,4-5,8-9,11H2,2H3,(H,20,21). The Morgan fingerprint density at radius 3 is 2.65 bits per heavy atom. The van der Waals surface area contributed by atoms with Gasteiger partial charge in [-0.05, 0) is 36.6 Å². The Bertz CT molecular complexity index is 569. The molecule has 126 valence electrons. The molecule has 4 nitrogen and oxygen atoms in total. The highest BCUT2D eigenvalue weighted by Crippen LogP contribution is 2.43. The summed E-state index contributed by atoms with van der Waals surface area (Å²) in [5.74, 6) is 0.0551. The minimum absolute atomic E-state index is 0.00882. The number of ether oxygens (including phenoxy) is 2. The lowest BCUT2D eigenvalue weighted by molar-refractivity contribution is -0.116. The third-order valence-electron chi connectivity index (χ3n) is 4.34. The molecule has 0 spiro atoms. The van der Waals surface area contributed by atoms with Crippen molar-refractivity contribution in [3.8, 4) is 11.5 Å². The zero-order chi connectivity index (χ0) is 16.9. The smallest absolute Gasteiger partial charge is 0.387 e. The number of alkyl halides is 2. The van der Waals surface area contributed by atoms with E-state index in [2.05, 4.69) is 16.6 Å². The summed E-state index contributed by atoms with van der Waals surface area (Å²) in [6, 6.07) is 4.99. The largest absolute Gasteiger partial charge is 0.493 e. The van der Waals surface area contributed by atoms with Crippen LogP contribution in [0.3, 0.4) is 0 Å². The molecule has 0 heterocycles. The van der Waals surface area contributed by atoms with Crippen LogP contribution in [0, 0.1) is 0 Å². The second-order valence-electron chi connectivity index (χ2n) is 5.65. The van der Waals surface area contributed by atoms with Gasteiger partial charge in [-0.2, -0.15) is 8.78 Å². The Labute approximate surface area is 134 Å². The van der Waals surface area contributed by atoms with Gasteiger partial charge in [-0.25, -0.2) is 0 Å². The number of hydrogen-bond donors (Lipinski definition) is 1. The molecule has 0 radical (unpaired) electrons. The Kier molecular flexibility index (Phi) is 5.58. The summed E-state index contributed by atoms with van der Waals surface area (Å²) < 4.78 is 34.5. The Morgan fingerprint density at radius 2 is 2.09 bits per heavy atom. The maximum Gasteiger partial charge on any atom is 0.387 e. The fourth-order valence-electron chi connectivity index (χ4n) is 3.14. The van der Waals surface area contributed by atoms with E-state index >= 15 is 0 Å². The molecule has 0 aromatic heterocycles. The van der Waals surface area contributed by atoms with Gasteiger partial charge in [0.2, 0.25) is 5.91 Å². The Balaban J connectivity index is 2.28. The van der Waals surface area contributed by atoms with E-state index in [9.17, 15) is 13.6 Å². The average molecular weight is 325 g/mol. The molecule has 2 rings (SSSR count). The molecular formula is C17H21F2NO3. The highest BCUT2D eigenvalue weighted by Gasteiger charge is 2.36. The third kappa shape index (κ3) is 4.00. The van der Waals surface area contributed by atoms with E-state index in [1.807, 2.05) is 0 Å². The summed E-state index contributed by atoms with van der Waals surface area (Å²) in [5, 5.41) is 2.85. The van der Waals surface area contributed by atoms with Crippen molar-refractivity contribution in [1.29, 1.82) is 0 Å². The van der Waals surface area contributed by atoms with Crippen LogP contribution in [-0.2, 0) is 10.2 Å². The van der Waals surface area contributed by atoms with Gasteiger partial charge in [0.15, 0.2) is 11.5 Å². The summed E-state index contributed by atoms with van der Waals surface area (Å²) in [4.78, 5) is 11.5. The minimum atomic E-state index is -2.90. The number of hydrogen-bond acceptors (Lipinski definition) is 3. The zero-order valence-corrected chi connectivity index (χ0v) is 13.1. The van der Waals surface area contributed by atoms with Crippen LogP contribution >= 0.6 is 0 Å². The number of halogens is 2. The van der Waals surface area contributed by atoms with Crippen molar-refractivity contribution in [2.45, 2.75) is 37.7 Å². The quantitative estimate of drug-likeness (QED) is 0.782. The molecule has 1 N–H and O–H groups in total. The summed E-state index contributed by atoms with van der Waals surface area (Å²) in [7, 11) is 1.41. The lowest BCUT2D eigenvalue weighted by Crippen LogP contribution is -2.38. The highest BCUT2D eigenvalue weighted by molar-refractivity contribution is 5.86. The lowest BCUT2D eigenvalue weighted by Gasteiger charge is -2.30. The molecule has 1 aromatic rings. The first-order valence-electron chi connectivity index (χ1n) is 7.54. The van der Waals surface area contributed by atoms with E-state index in [0.717, 1.165) is 31.2 Å². The first-order valence-corrected chi connectivity index (χ1v) is 7.54. The van der Waals surface area contributed by atoms with E-state index in [-0.39, 0.29) is 22.8 Å². The molecule has 0 unspecified atom stereocenters. The monoisotopic (exact) mass is 325 g/mol. The lowest BCUT2D eigenvalue weighted by atomic mass is 9.78. The number of carbonyl (C=O) groups excluding carboxylic acids is 1. The maximum absolute atomic E-state index is 12.4. The van der Waals surface area contributed by atoms with E-state index in [1.165, 1.54) is 19.3 Å². The molecule has 0 saturated heterocycles. The normalized spacial score (nSPS) is 16.2. The van der Waals surface area contributed by atoms with Crippen molar-refractivity contribution in [2.75, 3.05) is 13.7 Å². The van der Waals surface area contributed by atoms with Gasteiger partial charge in [0.25, 0.3) is 0 Å². The molecule has 0 bridgehead atoms. The van der Waals surface area contributed by atoms with Crippen LogP contribution in [0.25, 0.3) is 0 Å². The van der Waals surface area contributed by atoms with E-state index in [0.29, 0.717) is 6.54 Å².